The quantitative estimate of drug-likeness (QED) is 0.251. The van der Waals surface area contributed by atoms with Gasteiger partial charge in [-0.3, -0.25) is 4.79 Å². The van der Waals surface area contributed by atoms with Gasteiger partial charge in [0.2, 0.25) is 0 Å². The van der Waals surface area contributed by atoms with Crippen molar-refractivity contribution >= 4 is 23.6 Å². The van der Waals surface area contributed by atoms with Crippen LogP contribution in [0.1, 0.15) is 46.9 Å². The molecule has 10 nitrogen and oxygen atoms in total. The first kappa shape index (κ1) is 32.6. The molecule has 226 valence electrons. The lowest BCUT2D eigenvalue weighted by molar-refractivity contribution is 0.0478. The number of carbonyl (C=O) groups is 2. The minimum Gasteiger partial charge on any atom is -0.491 e. The van der Waals surface area contributed by atoms with Crippen molar-refractivity contribution < 1.29 is 33.3 Å². The molecular formula is C30H42ClN3O7. The Morgan fingerprint density at radius 1 is 1.07 bits per heavy atom. The molecule has 0 unspecified atom stereocenters. The molecule has 0 bridgehead atoms. The number of rotatable bonds is 16. The maximum atomic E-state index is 13.4. The zero-order chi connectivity index (χ0) is 29.5. The first-order valence-corrected chi connectivity index (χ1v) is 14.3. The number of likely N-dealkylation sites (N-methyl/N-ethyl adjacent to an activating group) is 1. The second-order valence-electron chi connectivity index (χ2n) is 9.87. The summed E-state index contributed by atoms with van der Waals surface area (Å²) in [5.41, 5.74) is 1.94. The van der Waals surface area contributed by atoms with Crippen LogP contribution in [0.5, 0.6) is 5.75 Å². The SMILES string of the molecule is CN[C@H](CNC(=O)c1cc(OCCOC)cc([C@H](OCCNC(=O)OC)c2cccc(Cl)c2)c1)C[C@H]1CCCOC1. The zero-order valence-electron chi connectivity index (χ0n) is 24.1. The Balaban J connectivity index is 1.81. The molecule has 3 atom stereocenters. The Hall–Kier alpha value is -2.89. The molecule has 1 heterocycles. The summed E-state index contributed by atoms with van der Waals surface area (Å²) in [5.74, 6) is 0.768. The highest BCUT2D eigenvalue weighted by Gasteiger charge is 2.22. The first-order chi connectivity index (χ1) is 19.9. The van der Waals surface area contributed by atoms with Gasteiger partial charge in [-0.05, 0) is 73.7 Å². The number of alkyl carbamates (subject to hydrolysis) is 1. The van der Waals surface area contributed by atoms with Gasteiger partial charge in [-0.1, -0.05) is 23.7 Å². The molecule has 3 N–H and O–H groups in total. The molecule has 0 aliphatic carbocycles. The normalized spacial score (nSPS) is 16.4. The van der Waals surface area contributed by atoms with E-state index < -0.39 is 12.2 Å². The highest BCUT2D eigenvalue weighted by molar-refractivity contribution is 6.30. The van der Waals surface area contributed by atoms with Gasteiger partial charge in [0.05, 0.1) is 20.3 Å². The summed E-state index contributed by atoms with van der Waals surface area (Å²) < 4.78 is 27.5. The molecule has 3 rings (SSSR count). The molecule has 1 fully saturated rings. The van der Waals surface area contributed by atoms with Crippen molar-refractivity contribution in [1.82, 2.24) is 16.0 Å². The van der Waals surface area contributed by atoms with Gasteiger partial charge in [0.1, 0.15) is 18.5 Å². The summed E-state index contributed by atoms with van der Waals surface area (Å²) in [7, 11) is 4.81. The second kappa shape index (κ2) is 17.8. The van der Waals surface area contributed by atoms with Crippen molar-refractivity contribution in [3.8, 4) is 5.75 Å². The number of halogens is 1. The third-order valence-electron chi connectivity index (χ3n) is 6.83. The summed E-state index contributed by atoms with van der Waals surface area (Å²) in [6.45, 7) is 3.20. The lowest BCUT2D eigenvalue weighted by Crippen LogP contribution is -2.41. The lowest BCUT2D eigenvalue weighted by atomic mass is 9.94. The number of methoxy groups -OCH3 is 2. The highest BCUT2D eigenvalue weighted by Crippen LogP contribution is 2.31. The van der Waals surface area contributed by atoms with Crippen LogP contribution in [0.2, 0.25) is 5.02 Å². The number of amides is 2. The van der Waals surface area contributed by atoms with Gasteiger partial charge < -0.3 is 39.6 Å². The molecule has 41 heavy (non-hydrogen) atoms. The number of hydrogen-bond acceptors (Lipinski definition) is 8. The van der Waals surface area contributed by atoms with Crippen LogP contribution < -0.4 is 20.7 Å². The number of ether oxygens (including phenoxy) is 5. The second-order valence-corrected chi connectivity index (χ2v) is 10.3. The largest absolute Gasteiger partial charge is 0.491 e. The van der Waals surface area contributed by atoms with Gasteiger partial charge in [0.15, 0.2) is 0 Å². The number of carbonyl (C=O) groups excluding carboxylic acids is 2. The molecule has 0 saturated carbocycles. The number of nitrogens with one attached hydrogen (secondary N) is 3. The van der Waals surface area contributed by atoms with E-state index in [-0.39, 0.29) is 25.1 Å². The Kier molecular flexibility index (Phi) is 14.2. The van der Waals surface area contributed by atoms with Crippen molar-refractivity contribution in [2.24, 2.45) is 5.92 Å². The van der Waals surface area contributed by atoms with E-state index in [9.17, 15) is 9.59 Å². The van der Waals surface area contributed by atoms with E-state index in [1.807, 2.05) is 31.3 Å². The van der Waals surface area contributed by atoms with Crippen molar-refractivity contribution in [3.05, 3.63) is 64.2 Å². The maximum absolute atomic E-state index is 13.4. The van der Waals surface area contributed by atoms with Crippen LogP contribution in [0, 0.1) is 5.92 Å². The van der Waals surface area contributed by atoms with E-state index in [2.05, 4.69) is 20.7 Å². The predicted molar refractivity (Wildman–Crippen MR) is 157 cm³/mol. The molecule has 0 aromatic heterocycles. The molecule has 2 aromatic rings. The summed E-state index contributed by atoms with van der Waals surface area (Å²) in [6, 6.07) is 12.8. The first-order valence-electron chi connectivity index (χ1n) is 13.9. The minimum absolute atomic E-state index is 0.121. The molecule has 0 radical (unpaired) electrons. The Morgan fingerprint density at radius 2 is 1.93 bits per heavy atom. The molecular weight excluding hydrogens is 550 g/mol. The summed E-state index contributed by atoms with van der Waals surface area (Å²) >= 11 is 6.30. The van der Waals surface area contributed by atoms with Crippen LogP contribution >= 0.6 is 11.6 Å². The average Bonchev–Trinajstić information content (AvgIpc) is 2.99. The fourth-order valence-electron chi connectivity index (χ4n) is 4.70. The third-order valence-corrected chi connectivity index (χ3v) is 7.07. The van der Waals surface area contributed by atoms with E-state index in [1.165, 1.54) is 7.11 Å². The lowest BCUT2D eigenvalue weighted by Gasteiger charge is -2.26. The van der Waals surface area contributed by atoms with E-state index in [0.717, 1.165) is 38.0 Å². The third kappa shape index (κ3) is 11.1. The fraction of sp³-hybridized carbons (Fsp3) is 0.533. The smallest absolute Gasteiger partial charge is 0.406 e. The summed E-state index contributed by atoms with van der Waals surface area (Å²) in [6.07, 6.45) is 2.00. The van der Waals surface area contributed by atoms with Gasteiger partial charge in [0.25, 0.3) is 5.91 Å². The summed E-state index contributed by atoms with van der Waals surface area (Å²) in [4.78, 5) is 24.9. The number of benzene rings is 2. The molecule has 11 heteroatoms. The van der Waals surface area contributed by atoms with E-state index in [0.29, 0.717) is 47.6 Å². The van der Waals surface area contributed by atoms with Gasteiger partial charge in [-0.25, -0.2) is 4.79 Å². The van der Waals surface area contributed by atoms with Crippen molar-refractivity contribution in [1.29, 1.82) is 0 Å². The van der Waals surface area contributed by atoms with E-state index >= 15 is 0 Å². The Bertz CT molecular complexity index is 1100. The van der Waals surface area contributed by atoms with Gasteiger partial charge in [-0.2, -0.15) is 0 Å². The number of hydrogen-bond donors (Lipinski definition) is 3. The minimum atomic E-state index is -0.581. The fourth-order valence-corrected chi connectivity index (χ4v) is 4.90. The van der Waals surface area contributed by atoms with Crippen molar-refractivity contribution in [2.45, 2.75) is 31.4 Å². The molecule has 1 aliphatic rings. The van der Waals surface area contributed by atoms with Crippen LogP contribution in [-0.4, -0.2) is 85.4 Å². The van der Waals surface area contributed by atoms with Crippen LogP contribution in [-0.2, 0) is 18.9 Å². The van der Waals surface area contributed by atoms with Crippen LogP contribution in [0.3, 0.4) is 0 Å². The van der Waals surface area contributed by atoms with Crippen LogP contribution in [0.25, 0.3) is 0 Å². The topological polar surface area (TPSA) is 116 Å². The van der Waals surface area contributed by atoms with Crippen LogP contribution in [0.15, 0.2) is 42.5 Å². The average molecular weight is 592 g/mol. The van der Waals surface area contributed by atoms with Gasteiger partial charge in [-0.15, -0.1) is 0 Å². The Morgan fingerprint density at radius 3 is 2.63 bits per heavy atom. The van der Waals surface area contributed by atoms with Gasteiger partial charge in [0, 0.05) is 50.0 Å². The van der Waals surface area contributed by atoms with Crippen molar-refractivity contribution in [3.63, 3.8) is 0 Å². The molecule has 1 aliphatic heterocycles. The summed E-state index contributed by atoms with van der Waals surface area (Å²) in [5, 5.41) is 9.56. The standard InChI is InChI=1S/C30H42ClN3O7/c1-32-26(14-21-6-5-10-39-20-21)19-34-29(35)24-15-23(17-27(18-24)40-13-12-37-2)28(22-7-4-8-25(31)16-22)41-11-9-33-30(36)38-3/h4,7-8,15-18,21,26,28,32H,5-6,9-14,19-20H2,1-3H3,(H,33,36)(H,34,35)/t21-,26+,28-/m1/s1. The molecule has 2 aromatic carbocycles. The van der Waals surface area contributed by atoms with E-state index in [1.54, 1.807) is 25.3 Å². The molecule has 0 spiro atoms. The Labute approximate surface area is 247 Å². The van der Waals surface area contributed by atoms with Gasteiger partial charge >= 0.3 is 6.09 Å². The highest BCUT2D eigenvalue weighted by atomic mass is 35.5. The zero-order valence-corrected chi connectivity index (χ0v) is 24.8. The monoisotopic (exact) mass is 591 g/mol. The van der Waals surface area contributed by atoms with Crippen molar-refractivity contribution in [2.75, 3.05) is 67.4 Å². The molecule has 2 amide bonds. The predicted octanol–water partition coefficient (Wildman–Crippen LogP) is 3.96. The maximum Gasteiger partial charge on any atom is 0.406 e. The molecule has 1 saturated heterocycles. The van der Waals surface area contributed by atoms with E-state index in [4.69, 9.17) is 30.5 Å². The van der Waals surface area contributed by atoms with Crippen LogP contribution in [0.4, 0.5) is 4.79 Å².